The van der Waals surface area contributed by atoms with E-state index < -0.39 is 12.3 Å². The van der Waals surface area contributed by atoms with Crippen molar-refractivity contribution in [2.75, 3.05) is 12.3 Å². The van der Waals surface area contributed by atoms with Crippen molar-refractivity contribution in [2.24, 2.45) is 0 Å². The SMILES string of the molecule is CCOC(=O)c1ccc(-c2cccc(OC(F)(F)F)c2)cc1N. The molecule has 0 radical (unpaired) electrons. The van der Waals surface area contributed by atoms with Gasteiger partial charge in [0.15, 0.2) is 0 Å². The van der Waals surface area contributed by atoms with Crippen LogP contribution >= 0.6 is 0 Å². The van der Waals surface area contributed by atoms with Crippen molar-refractivity contribution < 1.29 is 27.4 Å². The molecule has 2 aromatic rings. The highest BCUT2D eigenvalue weighted by Crippen LogP contribution is 2.29. The molecular formula is C16H14F3NO3. The lowest BCUT2D eigenvalue weighted by atomic mass is 10.0. The number of ether oxygens (including phenoxy) is 2. The van der Waals surface area contributed by atoms with Crippen LogP contribution in [-0.4, -0.2) is 18.9 Å². The molecule has 2 N–H and O–H groups in total. The summed E-state index contributed by atoms with van der Waals surface area (Å²) in [6, 6.07) is 10.0. The molecule has 0 aliphatic carbocycles. The van der Waals surface area contributed by atoms with Gasteiger partial charge in [-0.1, -0.05) is 18.2 Å². The van der Waals surface area contributed by atoms with E-state index in [1.807, 2.05) is 0 Å². The molecule has 122 valence electrons. The summed E-state index contributed by atoms with van der Waals surface area (Å²) >= 11 is 0. The van der Waals surface area contributed by atoms with Crippen molar-refractivity contribution in [1.29, 1.82) is 0 Å². The van der Waals surface area contributed by atoms with Crippen LogP contribution in [0.4, 0.5) is 18.9 Å². The third-order valence-corrected chi connectivity index (χ3v) is 2.95. The number of alkyl halides is 3. The van der Waals surface area contributed by atoms with Crippen molar-refractivity contribution in [3.05, 3.63) is 48.0 Å². The van der Waals surface area contributed by atoms with E-state index in [9.17, 15) is 18.0 Å². The number of rotatable bonds is 4. The Morgan fingerprint density at radius 3 is 2.43 bits per heavy atom. The summed E-state index contributed by atoms with van der Waals surface area (Å²) in [7, 11) is 0. The molecule has 0 saturated heterocycles. The van der Waals surface area contributed by atoms with Crippen LogP contribution in [0, 0.1) is 0 Å². The van der Waals surface area contributed by atoms with Gasteiger partial charge in [0.1, 0.15) is 5.75 Å². The summed E-state index contributed by atoms with van der Waals surface area (Å²) < 4.78 is 45.5. The molecule has 0 spiro atoms. The fraction of sp³-hybridized carbons (Fsp3) is 0.188. The van der Waals surface area contributed by atoms with E-state index in [2.05, 4.69) is 4.74 Å². The van der Waals surface area contributed by atoms with Crippen LogP contribution in [0.15, 0.2) is 42.5 Å². The third kappa shape index (κ3) is 4.38. The summed E-state index contributed by atoms with van der Waals surface area (Å²) in [4.78, 5) is 11.7. The van der Waals surface area contributed by atoms with Crippen LogP contribution < -0.4 is 10.5 Å². The summed E-state index contributed by atoms with van der Waals surface area (Å²) in [5.74, 6) is -0.881. The highest BCUT2D eigenvalue weighted by Gasteiger charge is 2.31. The van der Waals surface area contributed by atoms with Crippen molar-refractivity contribution >= 4 is 11.7 Å². The maximum absolute atomic E-state index is 12.3. The maximum Gasteiger partial charge on any atom is 0.573 e. The highest BCUT2D eigenvalue weighted by molar-refractivity contribution is 5.96. The van der Waals surface area contributed by atoms with Crippen molar-refractivity contribution in [3.8, 4) is 16.9 Å². The lowest BCUT2D eigenvalue weighted by molar-refractivity contribution is -0.274. The second-order valence-corrected chi connectivity index (χ2v) is 4.60. The van der Waals surface area contributed by atoms with E-state index in [0.29, 0.717) is 11.1 Å². The topological polar surface area (TPSA) is 61.5 Å². The molecule has 0 aliphatic rings. The molecule has 2 aromatic carbocycles. The molecule has 0 fully saturated rings. The monoisotopic (exact) mass is 325 g/mol. The van der Waals surface area contributed by atoms with E-state index in [-0.39, 0.29) is 23.6 Å². The van der Waals surface area contributed by atoms with E-state index in [1.165, 1.54) is 30.3 Å². The summed E-state index contributed by atoms with van der Waals surface area (Å²) in [5.41, 5.74) is 7.25. The quantitative estimate of drug-likeness (QED) is 0.681. The molecule has 0 aromatic heterocycles. The molecule has 23 heavy (non-hydrogen) atoms. The smallest absolute Gasteiger partial charge is 0.462 e. The Labute approximate surface area is 130 Å². The first-order valence-electron chi connectivity index (χ1n) is 6.73. The minimum absolute atomic E-state index is 0.183. The first-order chi connectivity index (χ1) is 10.8. The number of esters is 1. The van der Waals surface area contributed by atoms with Gasteiger partial charge in [-0.2, -0.15) is 0 Å². The van der Waals surface area contributed by atoms with Gasteiger partial charge in [0, 0.05) is 5.69 Å². The number of benzene rings is 2. The number of halogens is 3. The predicted octanol–water partition coefficient (Wildman–Crippen LogP) is 4.01. The van der Waals surface area contributed by atoms with Crippen LogP contribution in [0.25, 0.3) is 11.1 Å². The Kier molecular flexibility index (Phi) is 4.78. The molecule has 4 nitrogen and oxygen atoms in total. The second-order valence-electron chi connectivity index (χ2n) is 4.60. The molecule has 0 atom stereocenters. The van der Waals surface area contributed by atoms with Crippen LogP contribution in [0.3, 0.4) is 0 Å². The predicted molar refractivity (Wildman–Crippen MR) is 78.9 cm³/mol. The number of hydrogen-bond acceptors (Lipinski definition) is 4. The first-order valence-corrected chi connectivity index (χ1v) is 6.73. The van der Waals surface area contributed by atoms with E-state index >= 15 is 0 Å². The van der Waals surface area contributed by atoms with Gasteiger partial charge < -0.3 is 15.2 Å². The van der Waals surface area contributed by atoms with Gasteiger partial charge in [-0.05, 0) is 42.3 Å². The lowest BCUT2D eigenvalue weighted by Gasteiger charge is -2.11. The zero-order chi connectivity index (χ0) is 17.0. The zero-order valence-corrected chi connectivity index (χ0v) is 12.2. The fourth-order valence-electron chi connectivity index (χ4n) is 2.01. The van der Waals surface area contributed by atoms with Crippen LogP contribution in [0.5, 0.6) is 5.75 Å². The Bertz CT molecular complexity index is 714. The van der Waals surface area contributed by atoms with Crippen molar-refractivity contribution in [3.63, 3.8) is 0 Å². The van der Waals surface area contributed by atoms with E-state index in [0.717, 1.165) is 0 Å². The average molecular weight is 325 g/mol. The molecule has 2 rings (SSSR count). The van der Waals surface area contributed by atoms with Gasteiger partial charge in [-0.15, -0.1) is 13.2 Å². The van der Waals surface area contributed by atoms with Gasteiger partial charge in [-0.3, -0.25) is 0 Å². The fourth-order valence-corrected chi connectivity index (χ4v) is 2.01. The van der Waals surface area contributed by atoms with Crippen molar-refractivity contribution in [1.82, 2.24) is 0 Å². The van der Waals surface area contributed by atoms with Gasteiger partial charge in [-0.25, -0.2) is 4.79 Å². The van der Waals surface area contributed by atoms with E-state index in [4.69, 9.17) is 10.5 Å². The molecule has 0 heterocycles. The molecular weight excluding hydrogens is 311 g/mol. The Balaban J connectivity index is 2.31. The molecule has 0 aliphatic heterocycles. The third-order valence-electron chi connectivity index (χ3n) is 2.95. The second kappa shape index (κ2) is 6.60. The van der Waals surface area contributed by atoms with Gasteiger partial charge in [0.2, 0.25) is 0 Å². The standard InChI is InChI=1S/C16H14F3NO3/c1-2-22-15(21)13-7-6-11(9-14(13)20)10-4-3-5-12(8-10)23-16(17,18)19/h3-9H,2,20H2,1H3. The summed E-state index contributed by atoms with van der Waals surface area (Å²) in [5, 5.41) is 0. The van der Waals surface area contributed by atoms with Crippen LogP contribution in [-0.2, 0) is 4.74 Å². The Morgan fingerprint density at radius 1 is 1.13 bits per heavy atom. The summed E-state index contributed by atoms with van der Waals surface area (Å²) in [6.45, 7) is 1.89. The molecule has 7 heteroatoms. The Morgan fingerprint density at radius 2 is 1.83 bits per heavy atom. The van der Waals surface area contributed by atoms with Gasteiger partial charge >= 0.3 is 12.3 Å². The number of hydrogen-bond donors (Lipinski definition) is 1. The number of nitrogens with two attached hydrogens (primary N) is 1. The lowest BCUT2D eigenvalue weighted by Crippen LogP contribution is -2.17. The molecule has 0 saturated carbocycles. The Hall–Kier alpha value is -2.70. The molecule has 0 unspecified atom stereocenters. The minimum Gasteiger partial charge on any atom is -0.462 e. The normalized spacial score (nSPS) is 11.1. The number of nitrogen functional groups attached to an aromatic ring is 1. The average Bonchev–Trinajstić information content (AvgIpc) is 2.45. The zero-order valence-electron chi connectivity index (χ0n) is 12.2. The first kappa shape index (κ1) is 16.7. The van der Waals surface area contributed by atoms with Gasteiger partial charge in [0.25, 0.3) is 0 Å². The van der Waals surface area contributed by atoms with E-state index in [1.54, 1.807) is 19.1 Å². The highest BCUT2D eigenvalue weighted by atomic mass is 19.4. The largest absolute Gasteiger partial charge is 0.573 e. The van der Waals surface area contributed by atoms with Crippen molar-refractivity contribution in [2.45, 2.75) is 13.3 Å². The number of carbonyl (C=O) groups excluding carboxylic acids is 1. The van der Waals surface area contributed by atoms with Crippen LogP contribution in [0.2, 0.25) is 0 Å². The molecule has 0 amide bonds. The van der Waals surface area contributed by atoms with Crippen LogP contribution in [0.1, 0.15) is 17.3 Å². The molecule has 0 bridgehead atoms. The summed E-state index contributed by atoms with van der Waals surface area (Å²) in [6.07, 6.45) is -4.76. The number of anilines is 1. The van der Waals surface area contributed by atoms with Gasteiger partial charge in [0.05, 0.1) is 12.2 Å². The minimum atomic E-state index is -4.76. The maximum atomic E-state index is 12.3. The number of carbonyl (C=O) groups is 1.